The second-order valence-corrected chi connectivity index (χ2v) is 5.25. The third-order valence-corrected chi connectivity index (χ3v) is 3.59. The van der Waals surface area contributed by atoms with Crippen molar-refractivity contribution in [1.29, 1.82) is 0 Å². The number of nitrogens with zero attached hydrogens (tertiary/aromatic N) is 1. The van der Waals surface area contributed by atoms with Crippen molar-refractivity contribution >= 4 is 46.1 Å². The molecule has 2 N–H and O–H groups in total. The summed E-state index contributed by atoms with van der Waals surface area (Å²) in [7, 11) is 0. The Hall–Kier alpha value is -2.73. The minimum absolute atomic E-state index is 0.0289. The zero-order valence-electron chi connectivity index (χ0n) is 11.6. The van der Waals surface area contributed by atoms with Gasteiger partial charge in [-0.05, 0) is 24.4 Å². The van der Waals surface area contributed by atoms with E-state index in [0.29, 0.717) is 6.54 Å². The van der Waals surface area contributed by atoms with Gasteiger partial charge in [0.2, 0.25) is 0 Å². The van der Waals surface area contributed by atoms with Crippen LogP contribution in [0.25, 0.3) is 17.0 Å². The van der Waals surface area contributed by atoms with Crippen LogP contribution in [0, 0.1) is 0 Å². The monoisotopic (exact) mass is 311 g/mol. The van der Waals surface area contributed by atoms with Crippen molar-refractivity contribution in [2.24, 2.45) is 0 Å². The second-order valence-electron chi connectivity index (χ2n) is 4.84. The van der Waals surface area contributed by atoms with Gasteiger partial charge in [-0.25, -0.2) is 0 Å². The molecule has 1 aliphatic rings. The summed E-state index contributed by atoms with van der Waals surface area (Å²) in [4.78, 5) is 23.9. The van der Waals surface area contributed by atoms with Crippen molar-refractivity contribution < 1.29 is 9.59 Å². The maximum atomic E-state index is 11.9. The van der Waals surface area contributed by atoms with Gasteiger partial charge >= 0.3 is 0 Å². The molecule has 0 spiro atoms. The Balaban J connectivity index is 2.12. The number of amides is 2. The molecule has 1 fully saturated rings. The highest BCUT2D eigenvalue weighted by Crippen LogP contribution is 2.24. The number of carbonyl (C=O) groups excluding carboxylic acids is 2. The van der Waals surface area contributed by atoms with Gasteiger partial charge in [-0.1, -0.05) is 24.3 Å². The number of allylic oxidation sites excluding steroid dienone is 1. The quantitative estimate of drug-likeness (QED) is 0.393. The Bertz CT molecular complexity index is 826. The molecule has 1 saturated heterocycles. The highest BCUT2D eigenvalue weighted by molar-refractivity contribution is 7.80. The summed E-state index contributed by atoms with van der Waals surface area (Å²) in [5.41, 5.74) is 1.85. The standard InChI is InChI=1S/C16H13N3O2S/c1-2-7-19-9-10(11-5-3-4-6-13(11)19)8-12-14(20)17-16(22)18-15(12)21/h2-6,8-9H,1,7H2,(H2,17,18,20,21,22). The van der Waals surface area contributed by atoms with E-state index < -0.39 is 11.8 Å². The molecule has 5 nitrogen and oxygen atoms in total. The van der Waals surface area contributed by atoms with Crippen molar-refractivity contribution in [3.63, 3.8) is 0 Å². The average Bonchev–Trinajstić information content (AvgIpc) is 2.82. The van der Waals surface area contributed by atoms with Crippen molar-refractivity contribution in [3.8, 4) is 0 Å². The topological polar surface area (TPSA) is 63.1 Å². The van der Waals surface area contributed by atoms with Gasteiger partial charge < -0.3 is 4.57 Å². The van der Waals surface area contributed by atoms with Crippen molar-refractivity contribution in [1.82, 2.24) is 15.2 Å². The summed E-state index contributed by atoms with van der Waals surface area (Å²) < 4.78 is 2.01. The van der Waals surface area contributed by atoms with Crippen LogP contribution in [0.3, 0.4) is 0 Å². The molecule has 0 saturated carbocycles. The summed E-state index contributed by atoms with van der Waals surface area (Å²) in [6.45, 7) is 4.39. The van der Waals surface area contributed by atoms with Gasteiger partial charge in [0.15, 0.2) is 5.11 Å². The Kier molecular flexibility index (Phi) is 3.60. The molecule has 6 heteroatoms. The number of hydrogen-bond donors (Lipinski definition) is 2. The lowest BCUT2D eigenvalue weighted by atomic mass is 10.1. The Morgan fingerprint density at radius 2 is 1.86 bits per heavy atom. The summed E-state index contributed by atoms with van der Waals surface area (Å²) >= 11 is 4.79. The van der Waals surface area contributed by atoms with Gasteiger partial charge in [0.25, 0.3) is 11.8 Å². The Labute approximate surface area is 132 Å². The number of rotatable bonds is 3. The number of hydrogen-bond acceptors (Lipinski definition) is 3. The van der Waals surface area contributed by atoms with Crippen LogP contribution < -0.4 is 10.6 Å². The van der Waals surface area contributed by atoms with E-state index in [0.717, 1.165) is 16.5 Å². The predicted octanol–water partition coefficient (Wildman–Crippen LogP) is 1.74. The van der Waals surface area contributed by atoms with Gasteiger partial charge in [0.05, 0.1) is 0 Å². The zero-order chi connectivity index (χ0) is 15.7. The van der Waals surface area contributed by atoms with Crippen LogP contribution in [0.2, 0.25) is 0 Å². The molecule has 0 aliphatic carbocycles. The number of carbonyl (C=O) groups is 2. The summed E-state index contributed by atoms with van der Waals surface area (Å²) in [6.07, 6.45) is 5.27. The van der Waals surface area contributed by atoms with Crippen LogP contribution in [0.15, 0.2) is 48.7 Å². The molecule has 2 amide bonds. The molecule has 110 valence electrons. The third-order valence-electron chi connectivity index (χ3n) is 3.39. The number of aromatic nitrogens is 1. The van der Waals surface area contributed by atoms with Crippen LogP contribution in [0.1, 0.15) is 5.56 Å². The largest absolute Gasteiger partial charge is 0.343 e. The maximum absolute atomic E-state index is 11.9. The van der Waals surface area contributed by atoms with Crippen LogP contribution in [-0.4, -0.2) is 21.5 Å². The first kappa shape index (κ1) is 14.2. The molecule has 0 bridgehead atoms. The second kappa shape index (κ2) is 5.57. The maximum Gasteiger partial charge on any atom is 0.263 e. The molecule has 0 atom stereocenters. The fourth-order valence-corrected chi connectivity index (χ4v) is 2.63. The molecule has 3 rings (SSSR count). The first-order chi connectivity index (χ1) is 10.6. The molecule has 22 heavy (non-hydrogen) atoms. The Morgan fingerprint density at radius 3 is 2.55 bits per heavy atom. The highest BCUT2D eigenvalue weighted by atomic mass is 32.1. The average molecular weight is 311 g/mol. The molecule has 2 aromatic rings. The van der Waals surface area contributed by atoms with Gasteiger partial charge in [-0.2, -0.15) is 0 Å². The summed E-state index contributed by atoms with van der Waals surface area (Å²) in [5.74, 6) is -0.983. The van der Waals surface area contributed by atoms with Gasteiger partial charge in [-0.3, -0.25) is 20.2 Å². The van der Waals surface area contributed by atoms with Gasteiger partial charge in [0.1, 0.15) is 5.57 Å². The molecule has 0 unspecified atom stereocenters. The molecule has 1 aromatic carbocycles. The predicted molar refractivity (Wildman–Crippen MR) is 89.0 cm³/mol. The lowest BCUT2D eigenvalue weighted by Gasteiger charge is -2.16. The fraction of sp³-hybridized carbons (Fsp3) is 0.0625. The molecule has 0 radical (unpaired) electrons. The van der Waals surface area contributed by atoms with E-state index in [2.05, 4.69) is 17.2 Å². The minimum atomic E-state index is -0.491. The van der Waals surface area contributed by atoms with Crippen molar-refractivity contribution in [2.75, 3.05) is 0 Å². The van der Waals surface area contributed by atoms with Gasteiger partial charge in [-0.15, -0.1) is 6.58 Å². The fourth-order valence-electron chi connectivity index (χ4n) is 2.44. The third kappa shape index (κ3) is 2.44. The normalized spacial score (nSPS) is 14.7. The number of thiocarbonyl (C=S) groups is 1. The van der Waals surface area contributed by atoms with Crippen LogP contribution in [-0.2, 0) is 16.1 Å². The molecular formula is C16H13N3O2S. The summed E-state index contributed by atoms with van der Waals surface area (Å²) in [5, 5.41) is 5.85. The van der Waals surface area contributed by atoms with Crippen LogP contribution in [0.4, 0.5) is 0 Å². The zero-order valence-corrected chi connectivity index (χ0v) is 12.4. The van der Waals surface area contributed by atoms with E-state index >= 15 is 0 Å². The molecule has 2 heterocycles. The highest BCUT2D eigenvalue weighted by Gasteiger charge is 2.26. The van der Waals surface area contributed by atoms with Gasteiger partial charge in [0, 0.05) is 29.2 Å². The number of benzene rings is 1. The lowest BCUT2D eigenvalue weighted by Crippen LogP contribution is -2.51. The van der Waals surface area contributed by atoms with Crippen molar-refractivity contribution in [3.05, 3.63) is 54.3 Å². The summed E-state index contributed by atoms with van der Waals surface area (Å²) in [6, 6.07) is 7.79. The molecular weight excluding hydrogens is 298 g/mol. The van der Waals surface area contributed by atoms with Crippen LogP contribution in [0.5, 0.6) is 0 Å². The molecule has 1 aromatic heterocycles. The first-order valence-electron chi connectivity index (χ1n) is 6.67. The molecule has 1 aliphatic heterocycles. The number of fused-ring (bicyclic) bond motifs is 1. The van der Waals surface area contributed by atoms with E-state index in [9.17, 15) is 9.59 Å². The Morgan fingerprint density at radius 1 is 1.18 bits per heavy atom. The smallest absolute Gasteiger partial charge is 0.263 e. The first-order valence-corrected chi connectivity index (χ1v) is 7.08. The number of para-hydroxylation sites is 1. The van der Waals surface area contributed by atoms with E-state index in [1.54, 1.807) is 12.2 Å². The minimum Gasteiger partial charge on any atom is -0.343 e. The van der Waals surface area contributed by atoms with Crippen molar-refractivity contribution in [2.45, 2.75) is 6.54 Å². The SMILES string of the molecule is C=CCn1cc(C=C2C(=O)NC(=S)NC2=O)c2ccccc21. The van der Waals surface area contributed by atoms with E-state index in [-0.39, 0.29) is 10.7 Å². The van der Waals surface area contributed by atoms with E-state index in [1.807, 2.05) is 35.0 Å². The van der Waals surface area contributed by atoms with Crippen LogP contribution >= 0.6 is 12.2 Å². The number of nitrogens with one attached hydrogen (secondary N) is 2. The van der Waals surface area contributed by atoms with E-state index in [4.69, 9.17) is 12.2 Å². The lowest BCUT2D eigenvalue weighted by molar-refractivity contribution is -0.123. The van der Waals surface area contributed by atoms with E-state index in [1.165, 1.54) is 0 Å².